The van der Waals surface area contributed by atoms with Crippen LogP contribution < -0.4 is 5.73 Å². The summed E-state index contributed by atoms with van der Waals surface area (Å²) in [5, 5.41) is 3.18. The van der Waals surface area contributed by atoms with Crippen molar-refractivity contribution >= 4 is 11.3 Å². The smallest absolute Gasteiger partial charge is 0.0930 e. The standard InChI is InChI=1S/C8H14N2S/c1-8(2,6-9)5-7-10-3-4-11-7/h3-4H,5-6,9H2,1-2H3. The molecule has 0 aromatic carbocycles. The molecule has 0 aliphatic carbocycles. The molecule has 11 heavy (non-hydrogen) atoms. The maximum atomic E-state index is 5.60. The summed E-state index contributed by atoms with van der Waals surface area (Å²) >= 11 is 1.70. The first-order valence-corrected chi connectivity index (χ1v) is 4.60. The summed E-state index contributed by atoms with van der Waals surface area (Å²) in [6.45, 7) is 5.04. The number of aromatic nitrogens is 1. The van der Waals surface area contributed by atoms with E-state index < -0.39 is 0 Å². The van der Waals surface area contributed by atoms with Crippen molar-refractivity contribution in [1.82, 2.24) is 4.98 Å². The van der Waals surface area contributed by atoms with Crippen molar-refractivity contribution in [2.24, 2.45) is 11.1 Å². The van der Waals surface area contributed by atoms with Gasteiger partial charge in [0.1, 0.15) is 0 Å². The Bertz CT molecular complexity index is 204. The van der Waals surface area contributed by atoms with Crippen molar-refractivity contribution in [3.63, 3.8) is 0 Å². The average molecular weight is 170 g/mol. The van der Waals surface area contributed by atoms with Crippen LogP contribution >= 0.6 is 11.3 Å². The van der Waals surface area contributed by atoms with E-state index in [4.69, 9.17) is 5.73 Å². The zero-order chi connectivity index (χ0) is 8.32. The first-order valence-electron chi connectivity index (χ1n) is 3.72. The van der Waals surface area contributed by atoms with Gasteiger partial charge in [-0.25, -0.2) is 4.98 Å². The van der Waals surface area contributed by atoms with Gasteiger partial charge in [0.05, 0.1) is 5.01 Å². The van der Waals surface area contributed by atoms with Gasteiger partial charge in [0.2, 0.25) is 0 Å². The quantitative estimate of drug-likeness (QED) is 0.749. The van der Waals surface area contributed by atoms with Gasteiger partial charge < -0.3 is 5.73 Å². The van der Waals surface area contributed by atoms with E-state index in [1.807, 2.05) is 11.6 Å². The Kier molecular flexibility index (Phi) is 2.62. The van der Waals surface area contributed by atoms with E-state index in [1.54, 1.807) is 11.3 Å². The van der Waals surface area contributed by atoms with Gasteiger partial charge in [-0.3, -0.25) is 0 Å². The van der Waals surface area contributed by atoms with Gasteiger partial charge in [-0.05, 0) is 12.0 Å². The van der Waals surface area contributed by atoms with E-state index in [0.717, 1.165) is 6.42 Å². The van der Waals surface area contributed by atoms with Gasteiger partial charge in [0.25, 0.3) is 0 Å². The predicted molar refractivity (Wildman–Crippen MR) is 48.7 cm³/mol. The zero-order valence-corrected chi connectivity index (χ0v) is 7.82. The second kappa shape index (κ2) is 3.32. The minimum absolute atomic E-state index is 0.192. The van der Waals surface area contributed by atoms with Crippen LogP contribution in [0.1, 0.15) is 18.9 Å². The Morgan fingerprint density at radius 3 is 2.82 bits per heavy atom. The Morgan fingerprint density at radius 2 is 2.36 bits per heavy atom. The lowest BCUT2D eigenvalue weighted by atomic mass is 9.90. The molecule has 0 saturated carbocycles. The lowest BCUT2D eigenvalue weighted by molar-refractivity contribution is 0.376. The van der Waals surface area contributed by atoms with Crippen molar-refractivity contribution < 1.29 is 0 Å². The van der Waals surface area contributed by atoms with Crippen molar-refractivity contribution in [2.45, 2.75) is 20.3 Å². The minimum atomic E-state index is 0.192. The molecule has 0 unspecified atom stereocenters. The molecule has 0 atom stereocenters. The predicted octanol–water partition coefficient (Wildman–Crippen LogP) is 1.67. The SMILES string of the molecule is CC(C)(CN)Cc1nccs1. The molecular weight excluding hydrogens is 156 g/mol. The molecule has 1 aromatic heterocycles. The van der Waals surface area contributed by atoms with Crippen LogP contribution in [-0.4, -0.2) is 11.5 Å². The number of rotatable bonds is 3. The van der Waals surface area contributed by atoms with Crippen molar-refractivity contribution in [3.05, 3.63) is 16.6 Å². The third kappa shape index (κ3) is 2.60. The molecule has 2 nitrogen and oxygen atoms in total. The summed E-state index contributed by atoms with van der Waals surface area (Å²) in [7, 11) is 0. The Balaban J connectivity index is 2.56. The van der Waals surface area contributed by atoms with E-state index in [-0.39, 0.29) is 5.41 Å². The fraction of sp³-hybridized carbons (Fsp3) is 0.625. The Labute approximate surface area is 71.5 Å². The highest BCUT2D eigenvalue weighted by molar-refractivity contribution is 7.09. The Morgan fingerprint density at radius 1 is 1.64 bits per heavy atom. The summed E-state index contributed by atoms with van der Waals surface area (Å²) in [5.74, 6) is 0. The summed E-state index contributed by atoms with van der Waals surface area (Å²) < 4.78 is 0. The van der Waals surface area contributed by atoms with Crippen LogP contribution in [0, 0.1) is 5.41 Å². The molecule has 1 aromatic rings. The highest BCUT2D eigenvalue weighted by Gasteiger charge is 2.17. The molecule has 0 aliphatic heterocycles. The second-order valence-corrected chi connectivity index (χ2v) is 4.45. The van der Waals surface area contributed by atoms with E-state index in [0.29, 0.717) is 6.54 Å². The van der Waals surface area contributed by atoms with Crippen molar-refractivity contribution in [3.8, 4) is 0 Å². The highest BCUT2D eigenvalue weighted by atomic mass is 32.1. The number of hydrogen-bond donors (Lipinski definition) is 1. The third-order valence-electron chi connectivity index (χ3n) is 1.67. The fourth-order valence-corrected chi connectivity index (χ4v) is 1.70. The molecule has 0 fully saturated rings. The molecule has 3 heteroatoms. The second-order valence-electron chi connectivity index (χ2n) is 3.47. The van der Waals surface area contributed by atoms with Crippen LogP contribution in [0.4, 0.5) is 0 Å². The van der Waals surface area contributed by atoms with E-state index in [9.17, 15) is 0 Å². The van der Waals surface area contributed by atoms with Gasteiger partial charge >= 0.3 is 0 Å². The molecule has 0 amide bonds. The number of nitrogens with two attached hydrogens (primary N) is 1. The number of hydrogen-bond acceptors (Lipinski definition) is 3. The summed E-state index contributed by atoms with van der Waals surface area (Å²) in [6.07, 6.45) is 2.83. The van der Waals surface area contributed by atoms with Crippen LogP contribution in [0.3, 0.4) is 0 Å². The van der Waals surface area contributed by atoms with Crippen LogP contribution in [0.15, 0.2) is 11.6 Å². The average Bonchev–Trinajstić information content (AvgIpc) is 2.39. The van der Waals surface area contributed by atoms with Gasteiger partial charge in [-0.1, -0.05) is 13.8 Å². The number of nitrogens with zero attached hydrogens (tertiary/aromatic N) is 1. The lowest BCUT2D eigenvalue weighted by Crippen LogP contribution is -2.25. The van der Waals surface area contributed by atoms with Crippen LogP contribution in [0.25, 0.3) is 0 Å². The lowest BCUT2D eigenvalue weighted by Gasteiger charge is -2.20. The van der Waals surface area contributed by atoms with Gasteiger partial charge in [-0.2, -0.15) is 0 Å². The van der Waals surface area contributed by atoms with Crippen molar-refractivity contribution in [2.75, 3.05) is 6.54 Å². The maximum Gasteiger partial charge on any atom is 0.0930 e. The molecule has 1 rings (SSSR count). The monoisotopic (exact) mass is 170 g/mol. The van der Waals surface area contributed by atoms with Gasteiger partial charge in [0.15, 0.2) is 0 Å². The van der Waals surface area contributed by atoms with Gasteiger partial charge in [-0.15, -0.1) is 11.3 Å². The van der Waals surface area contributed by atoms with E-state index in [2.05, 4.69) is 18.8 Å². The third-order valence-corrected chi connectivity index (χ3v) is 2.45. The molecular formula is C8H14N2S. The molecule has 0 bridgehead atoms. The molecule has 0 radical (unpaired) electrons. The molecule has 0 aliphatic rings. The summed E-state index contributed by atoms with van der Waals surface area (Å²) in [5.41, 5.74) is 5.79. The summed E-state index contributed by atoms with van der Waals surface area (Å²) in [4.78, 5) is 4.21. The molecule has 0 saturated heterocycles. The Hall–Kier alpha value is -0.410. The zero-order valence-electron chi connectivity index (χ0n) is 7.00. The fourth-order valence-electron chi connectivity index (χ4n) is 0.822. The van der Waals surface area contributed by atoms with Gasteiger partial charge in [0, 0.05) is 18.0 Å². The van der Waals surface area contributed by atoms with Crippen molar-refractivity contribution in [1.29, 1.82) is 0 Å². The molecule has 0 spiro atoms. The maximum absolute atomic E-state index is 5.60. The van der Waals surface area contributed by atoms with Crippen LogP contribution in [0.5, 0.6) is 0 Å². The first kappa shape index (κ1) is 8.68. The minimum Gasteiger partial charge on any atom is -0.330 e. The number of thiazole rings is 1. The normalized spacial score (nSPS) is 11.9. The van der Waals surface area contributed by atoms with E-state index in [1.165, 1.54) is 5.01 Å². The van der Waals surface area contributed by atoms with E-state index >= 15 is 0 Å². The molecule has 2 N–H and O–H groups in total. The largest absolute Gasteiger partial charge is 0.330 e. The molecule has 62 valence electrons. The first-order chi connectivity index (χ1) is 5.14. The van der Waals surface area contributed by atoms with Crippen LogP contribution in [-0.2, 0) is 6.42 Å². The van der Waals surface area contributed by atoms with Crippen LogP contribution in [0.2, 0.25) is 0 Å². The summed E-state index contributed by atoms with van der Waals surface area (Å²) in [6, 6.07) is 0. The highest BCUT2D eigenvalue weighted by Crippen LogP contribution is 2.20. The molecule has 1 heterocycles. The topological polar surface area (TPSA) is 38.9 Å².